The topological polar surface area (TPSA) is 51.0 Å². The Morgan fingerprint density at radius 1 is 1.15 bits per heavy atom. The molecular weight excluding hydrogens is 252 g/mol. The number of carbonyl (C=O) groups is 1. The van der Waals surface area contributed by atoms with E-state index in [9.17, 15) is 4.79 Å². The van der Waals surface area contributed by atoms with Gasteiger partial charge in [-0.05, 0) is 37.0 Å². The lowest BCUT2D eigenvalue weighted by Crippen LogP contribution is -2.27. The van der Waals surface area contributed by atoms with E-state index >= 15 is 0 Å². The van der Waals surface area contributed by atoms with E-state index < -0.39 is 0 Å². The van der Waals surface area contributed by atoms with Crippen LogP contribution >= 0.6 is 0 Å². The van der Waals surface area contributed by atoms with E-state index in [0.29, 0.717) is 6.42 Å². The maximum absolute atomic E-state index is 12.0. The Bertz CT molecular complexity index is 556. The summed E-state index contributed by atoms with van der Waals surface area (Å²) in [5.41, 5.74) is 2.17. The number of aryl methyl sites for hydroxylation is 1. The molecule has 2 aromatic rings. The van der Waals surface area contributed by atoms with Crippen molar-refractivity contribution < 1.29 is 4.79 Å². The zero-order valence-electron chi connectivity index (χ0n) is 11.4. The van der Waals surface area contributed by atoms with Gasteiger partial charge in [0.25, 0.3) is 0 Å². The molecule has 104 valence electrons. The number of rotatable bonds is 4. The van der Waals surface area contributed by atoms with Gasteiger partial charge in [-0.1, -0.05) is 17.3 Å². The van der Waals surface area contributed by atoms with Crippen molar-refractivity contribution in [3.05, 3.63) is 42.2 Å². The highest BCUT2D eigenvalue weighted by atomic mass is 16.2. The second-order valence-electron chi connectivity index (χ2n) is 5.10. The number of hydrogen-bond acceptors (Lipinski definition) is 3. The molecule has 1 saturated heterocycles. The minimum absolute atomic E-state index is 0.280. The molecule has 5 nitrogen and oxygen atoms in total. The lowest BCUT2D eigenvalue weighted by atomic mass is 10.1. The standard InChI is InChI=1S/C15H18N4O/c20-15(18-10-1-2-11-18)8-5-13-3-6-14(7-4-13)19-12-9-16-17-19/h3-4,6-7,9,12H,1-2,5,8,10-11H2. The van der Waals surface area contributed by atoms with E-state index in [-0.39, 0.29) is 5.91 Å². The van der Waals surface area contributed by atoms with Gasteiger partial charge in [-0.15, -0.1) is 5.10 Å². The molecule has 20 heavy (non-hydrogen) atoms. The average Bonchev–Trinajstić information content (AvgIpc) is 3.18. The molecule has 0 N–H and O–H groups in total. The third-order valence-corrected chi connectivity index (χ3v) is 3.71. The molecule has 1 aliphatic rings. The highest BCUT2D eigenvalue weighted by Crippen LogP contribution is 2.13. The largest absolute Gasteiger partial charge is 0.343 e. The van der Waals surface area contributed by atoms with Crippen LogP contribution in [0.15, 0.2) is 36.7 Å². The highest BCUT2D eigenvalue weighted by Gasteiger charge is 2.17. The predicted molar refractivity (Wildman–Crippen MR) is 75.5 cm³/mol. The second kappa shape index (κ2) is 5.86. The lowest BCUT2D eigenvalue weighted by molar-refractivity contribution is -0.130. The molecule has 0 spiro atoms. The fourth-order valence-corrected chi connectivity index (χ4v) is 2.54. The van der Waals surface area contributed by atoms with Crippen LogP contribution in [0.4, 0.5) is 0 Å². The summed E-state index contributed by atoms with van der Waals surface area (Å²) in [5, 5.41) is 7.74. The average molecular weight is 270 g/mol. The third kappa shape index (κ3) is 2.87. The van der Waals surface area contributed by atoms with Crippen molar-refractivity contribution in [3.63, 3.8) is 0 Å². The van der Waals surface area contributed by atoms with Crippen LogP contribution in [0.1, 0.15) is 24.8 Å². The van der Waals surface area contributed by atoms with Gasteiger partial charge in [0.1, 0.15) is 0 Å². The Morgan fingerprint density at radius 3 is 2.55 bits per heavy atom. The van der Waals surface area contributed by atoms with Crippen LogP contribution in [0.25, 0.3) is 5.69 Å². The second-order valence-corrected chi connectivity index (χ2v) is 5.10. The minimum atomic E-state index is 0.280. The van der Waals surface area contributed by atoms with Gasteiger partial charge in [0.2, 0.25) is 5.91 Å². The molecule has 0 aliphatic carbocycles. The van der Waals surface area contributed by atoms with Gasteiger partial charge >= 0.3 is 0 Å². The molecule has 1 aromatic heterocycles. The summed E-state index contributed by atoms with van der Waals surface area (Å²) in [4.78, 5) is 14.0. The van der Waals surface area contributed by atoms with Crippen LogP contribution in [0, 0.1) is 0 Å². The molecule has 0 saturated carbocycles. The molecule has 0 atom stereocenters. The molecule has 5 heteroatoms. The van der Waals surface area contributed by atoms with Gasteiger partial charge < -0.3 is 4.90 Å². The monoisotopic (exact) mass is 270 g/mol. The maximum Gasteiger partial charge on any atom is 0.222 e. The van der Waals surface area contributed by atoms with Gasteiger partial charge in [0, 0.05) is 19.5 Å². The van der Waals surface area contributed by atoms with Crippen LogP contribution in [-0.2, 0) is 11.2 Å². The number of likely N-dealkylation sites (tertiary alicyclic amines) is 1. The summed E-state index contributed by atoms with van der Waals surface area (Å²) in [5.74, 6) is 0.280. The number of aromatic nitrogens is 3. The van der Waals surface area contributed by atoms with Crippen molar-refractivity contribution in [2.75, 3.05) is 13.1 Å². The number of amides is 1. The quantitative estimate of drug-likeness (QED) is 0.851. The lowest BCUT2D eigenvalue weighted by Gasteiger charge is -2.14. The van der Waals surface area contributed by atoms with Gasteiger partial charge in [-0.3, -0.25) is 4.79 Å². The molecule has 2 heterocycles. The van der Waals surface area contributed by atoms with Crippen molar-refractivity contribution in [2.45, 2.75) is 25.7 Å². The van der Waals surface area contributed by atoms with Gasteiger partial charge in [0.05, 0.1) is 18.1 Å². The highest BCUT2D eigenvalue weighted by molar-refractivity contribution is 5.76. The third-order valence-electron chi connectivity index (χ3n) is 3.71. The smallest absolute Gasteiger partial charge is 0.222 e. The van der Waals surface area contributed by atoms with Gasteiger partial charge in [-0.2, -0.15) is 0 Å². The summed E-state index contributed by atoms with van der Waals surface area (Å²) in [6, 6.07) is 8.11. The van der Waals surface area contributed by atoms with Crippen molar-refractivity contribution in [1.82, 2.24) is 19.9 Å². The molecule has 1 aliphatic heterocycles. The number of hydrogen-bond donors (Lipinski definition) is 0. The van der Waals surface area contributed by atoms with Crippen LogP contribution in [0.3, 0.4) is 0 Å². The molecule has 1 aromatic carbocycles. The molecule has 3 rings (SSSR count). The van der Waals surface area contributed by atoms with Crippen molar-refractivity contribution in [3.8, 4) is 5.69 Å². The van der Waals surface area contributed by atoms with Crippen LogP contribution in [-0.4, -0.2) is 38.9 Å². The van der Waals surface area contributed by atoms with E-state index in [0.717, 1.165) is 38.0 Å². The van der Waals surface area contributed by atoms with E-state index in [4.69, 9.17) is 0 Å². The Kier molecular flexibility index (Phi) is 3.76. The predicted octanol–water partition coefficient (Wildman–Crippen LogP) is 1.82. The molecule has 0 bridgehead atoms. The van der Waals surface area contributed by atoms with Crippen LogP contribution in [0.5, 0.6) is 0 Å². The maximum atomic E-state index is 12.0. The fraction of sp³-hybridized carbons (Fsp3) is 0.400. The van der Waals surface area contributed by atoms with Crippen LogP contribution in [0.2, 0.25) is 0 Å². The van der Waals surface area contributed by atoms with Gasteiger partial charge in [-0.25, -0.2) is 4.68 Å². The molecule has 0 unspecified atom stereocenters. The summed E-state index contributed by atoms with van der Waals surface area (Å²) in [6.45, 7) is 1.87. The number of benzene rings is 1. The molecule has 0 radical (unpaired) electrons. The first-order valence-corrected chi connectivity index (χ1v) is 7.06. The van der Waals surface area contributed by atoms with Crippen molar-refractivity contribution >= 4 is 5.91 Å². The SMILES string of the molecule is O=C(CCc1ccc(-n2ccnn2)cc1)N1CCCC1. The Hall–Kier alpha value is -2.17. The Balaban J connectivity index is 1.57. The first-order chi connectivity index (χ1) is 9.83. The van der Waals surface area contributed by atoms with E-state index in [1.165, 1.54) is 5.56 Å². The van der Waals surface area contributed by atoms with E-state index in [1.54, 1.807) is 10.9 Å². The molecule has 1 amide bonds. The molecule has 1 fully saturated rings. The normalized spacial score (nSPS) is 14.7. The Morgan fingerprint density at radius 2 is 1.90 bits per heavy atom. The summed E-state index contributed by atoms with van der Waals surface area (Å²) in [6.07, 6.45) is 7.17. The summed E-state index contributed by atoms with van der Waals surface area (Å²) >= 11 is 0. The Labute approximate surface area is 118 Å². The number of nitrogens with zero attached hydrogens (tertiary/aromatic N) is 4. The van der Waals surface area contributed by atoms with Crippen molar-refractivity contribution in [1.29, 1.82) is 0 Å². The zero-order chi connectivity index (χ0) is 13.8. The number of carbonyl (C=O) groups excluding carboxylic acids is 1. The minimum Gasteiger partial charge on any atom is -0.343 e. The summed E-state index contributed by atoms with van der Waals surface area (Å²) < 4.78 is 1.72. The summed E-state index contributed by atoms with van der Waals surface area (Å²) in [7, 11) is 0. The van der Waals surface area contributed by atoms with Crippen molar-refractivity contribution in [2.24, 2.45) is 0 Å². The fourth-order valence-electron chi connectivity index (χ4n) is 2.54. The first-order valence-electron chi connectivity index (χ1n) is 7.06. The molecular formula is C15H18N4O. The zero-order valence-corrected chi connectivity index (χ0v) is 11.4. The first kappa shape index (κ1) is 12.8. The van der Waals surface area contributed by atoms with Crippen LogP contribution < -0.4 is 0 Å². The van der Waals surface area contributed by atoms with E-state index in [1.807, 2.05) is 35.4 Å². The van der Waals surface area contributed by atoms with E-state index in [2.05, 4.69) is 10.3 Å². The van der Waals surface area contributed by atoms with Gasteiger partial charge in [0.15, 0.2) is 0 Å².